The van der Waals surface area contributed by atoms with Gasteiger partial charge in [-0.1, -0.05) is 30.3 Å². The third kappa shape index (κ3) is 5.30. The Morgan fingerprint density at radius 3 is 2.55 bits per heavy atom. The van der Waals surface area contributed by atoms with Crippen LogP contribution in [0.1, 0.15) is 31.7 Å². The van der Waals surface area contributed by atoms with Gasteiger partial charge in [-0.25, -0.2) is 4.39 Å². The molecule has 2 aliphatic rings. The van der Waals surface area contributed by atoms with Crippen LogP contribution in [0.25, 0.3) is 5.57 Å². The largest absolute Gasteiger partial charge is 0.491 e. The van der Waals surface area contributed by atoms with Gasteiger partial charge >= 0.3 is 0 Å². The molecule has 1 saturated heterocycles. The van der Waals surface area contributed by atoms with Crippen molar-refractivity contribution in [2.24, 2.45) is 0 Å². The summed E-state index contributed by atoms with van der Waals surface area (Å²) in [6.45, 7) is 7.21. The van der Waals surface area contributed by atoms with Crippen LogP contribution in [0.3, 0.4) is 0 Å². The Kier molecular flexibility index (Phi) is 7.15. The van der Waals surface area contributed by atoms with Crippen molar-refractivity contribution >= 4 is 23.1 Å². The molecule has 0 saturated carbocycles. The summed E-state index contributed by atoms with van der Waals surface area (Å²) in [6, 6.07) is 7.44. The average Bonchev–Trinajstić information content (AvgIpc) is 3.27. The van der Waals surface area contributed by atoms with E-state index in [4.69, 9.17) is 16.3 Å². The van der Waals surface area contributed by atoms with Crippen LogP contribution in [-0.2, 0) is 4.79 Å². The first-order valence-corrected chi connectivity index (χ1v) is 10.2. The van der Waals surface area contributed by atoms with Crippen LogP contribution >= 0.6 is 11.6 Å². The van der Waals surface area contributed by atoms with Gasteiger partial charge in [0.1, 0.15) is 19.0 Å². The molecule has 2 aliphatic heterocycles. The van der Waals surface area contributed by atoms with E-state index in [2.05, 4.69) is 6.58 Å². The van der Waals surface area contributed by atoms with E-state index >= 15 is 0 Å². The maximum Gasteiger partial charge on any atom is 0.228 e. The van der Waals surface area contributed by atoms with E-state index in [9.17, 15) is 9.18 Å². The van der Waals surface area contributed by atoms with Crippen molar-refractivity contribution < 1.29 is 13.9 Å². The lowest BCUT2D eigenvalue weighted by atomic mass is 10.0. The van der Waals surface area contributed by atoms with Crippen LogP contribution in [0.5, 0.6) is 5.75 Å². The fourth-order valence-electron chi connectivity index (χ4n) is 3.50. The number of carbonyl (C=O) groups excluding carboxylic acids is 1. The van der Waals surface area contributed by atoms with Gasteiger partial charge in [-0.05, 0) is 55.2 Å². The van der Waals surface area contributed by atoms with Crippen molar-refractivity contribution in [1.82, 2.24) is 9.80 Å². The number of alkyl halides is 1. The zero-order chi connectivity index (χ0) is 20.8. The second-order valence-corrected chi connectivity index (χ2v) is 7.54. The summed E-state index contributed by atoms with van der Waals surface area (Å²) < 4.78 is 17.6. The summed E-state index contributed by atoms with van der Waals surface area (Å²) in [5.74, 6) is 0.716. The van der Waals surface area contributed by atoms with Crippen molar-refractivity contribution in [3.8, 4) is 5.75 Å². The maximum absolute atomic E-state index is 12.9. The second-order valence-electron chi connectivity index (χ2n) is 7.11. The van der Waals surface area contributed by atoms with Crippen molar-refractivity contribution in [2.45, 2.75) is 26.2 Å². The van der Waals surface area contributed by atoms with E-state index in [1.54, 1.807) is 12.3 Å². The second kappa shape index (κ2) is 9.79. The highest BCUT2D eigenvalue weighted by Crippen LogP contribution is 2.31. The minimum atomic E-state index is -0.527. The molecule has 4 nitrogen and oxygen atoms in total. The molecule has 154 valence electrons. The first kappa shape index (κ1) is 21.2. The first-order valence-electron chi connectivity index (χ1n) is 9.80. The minimum Gasteiger partial charge on any atom is -0.491 e. The number of rotatable bonds is 7. The normalized spacial score (nSPS) is 17.3. The van der Waals surface area contributed by atoms with Gasteiger partial charge in [-0.3, -0.25) is 4.79 Å². The zero-order valence-corrected chi connectivity index (χ0v) is 17.4. The average molecular weight is 417 g/mol. The highest BCUT2D eigenvalue weighted by atomic mass is 35.5. The summed E-state index contributed by atoms with van der Waals surface area (Å²) in [6.07, 6.45) is 7.78. The number of benzene rings is 1. The van der Waals surface area contributed by atoms with Crippen LogP contribution in [0.2, 0.25) is 0 Å². The highest BCUT2D eigenvalue weighted by Gasteiger charge is 2.24. The molecule has 0 atom stereocenters. The molecule has 0 N–H and O–H groups in total. The van der Waals surface area contributed by atoms with Gasteiger partial charge in [0.2, 0.25) is 5.91 Å². The minimum absolute atomic E-state index is 0.0347. The molecule has 1 aromatic rings. The van der Waals surface area contributed by atoms with Crippen LogP contribution < -0.4 is 4.74 Å². The van der Waals surface area contributed by atoms with Crippen molar-refractivity contribution in [3.05, 3.63) is 71.2 Å². The molecule has 0 aromatic heterocycles. The topological polar surface area (TPSA) is 32.8 Å². The Bertz CT molecular complexity index is 852. The quantitative estimate of drug-likeness (QED) is 0.609. The van der Waals surface area contributed by atoms with Crippen LogP contribution in [-0.4, -0.2) is 42.1 Å². The lowest BCUT2D eigenvalue weighted by Gasteiger charge is -2.29. The standard InChI is InChI=1S/C23H26ClFN2O2/c1-17-5-8-20(24)16-27(17)22(15-23(28)26-12-3-4-13-26)18(2)19-6-9-21(10-7-19)29-14-11-25/h5-10,16H,1,3-4,11-15H2,2H3/b22-18+. The Labute approximate surface area is 176 Å². The molecule has 0 unspecified atom stereocenters. The smallest absolute Gasteiger partial charge is 0.228 e. The molecular formula is C23H26ClFN2O2. The Balaban J connectivity index is 1.92. The first-order chi connectivity index (χ1) is 14.0. The molecule has 29 heavy (non-hydrogen) atoms. The Morgan fingerprint density at radius 2 is 1.90 bits per heavy atom. The SMILES string of the molecule is C=C1C=CC(Cl)=CN1/C(CC(=O)N1CCCC1)=C(\C)c1ccc(OCCF)cc1. The van der Waals surface area contributed by atoms with Gasteiger partial charge in [-0.2, -0.15) is 0 Å². The summed E-state index contributed by atoms with van der Waals surface area (Å²) in [5.41, 5.74) is 3.49. The number of hydrogen-bond acceptors (Lipinski definition) is 3. The lowest BCUT2D eigenvalue weighted by Crippen LogP contribution is -2.30. The van der Waals surface area contributed by atoms with E-state index in [0.29, 0.717) is 10.8 Å². The third-order valence-corrected chi connectivity index (χ3v) is 5.35. The van der Waals surface area contributed by atoms with Gasteiger partial charge in [0, 0.05) is 30.7 Å². The maximum atomic E-state index is 12.9. The highest BCUT2D eigenvalue weighted by molar-refractivity contribution is 6.31. The van der Waals surface area contributed by atoms with Crippen molar-refractivity contribution in [2.75, 3.05) is 26.4 Å². The summed E-state index contributed by atoms with van der Waals surface area (Å²) in [4.78, 5) is 16.7. The molecule has 0 spiro atoms. The monoisotopic (exact) mass is 416 g/mol. The third-order valence-electron chi connectivity index (χ3n) is 5.13. The predicted octanol–water partition coefficient (Wildman–Crippen LogP) is 5.24. The van der Waals surface area contributed by atoms with Gasteiger partial charge in [-0.15, -0.1) is 0 Å². The van der Waals surface area contributed by atoms with E-state index < -0.39 is 6.67 Å². The number of ether oxygens (including phenoxy) is 1. The zero-order valence-electron chi connectivity index (χ0n) is 16.7. The number of hydrogen-bond donors (Lipinski definition) is 0. The summed E-state index contributed by atoms with van der Waals surface area (Å²) in [7, 11) is 0. The Morgan fingerprint density at radius 1 is 1.21 bits per heavy atom. The van der Waals surface area contributed by atoms with Crippen LogP contribution in [0.15, 0.2) is 65.6 Å². The van der Waals surface area contributed by atoms with Gasteiger partial charge in [0.15, 0.2) is 0 Å². The number of allylic oxidation sites excluding steroid dienone is 4. The van der Waals surface area contributed by atoms with E-state index in [1.165, 1.54) is 0 Å². The van der Waals surface area contributed by atoms with E-state index in [0.717, 1.165) is 48.5 Å². The number of likely N-dealkylation sites (tertiary alicyclic amines) is 1. The molecule has 0 bridgehead atoms. The number of amides is 1. The lowest BCUT2D eigenvalue weighted by molar-refractivity contribution is -0.129. The van der Waals surface area contributed by atoms with E-state index in [1.807, 2.05) is 47.1 Å². The molecule has 1 fully saturated rings. The number of halogens is 2. The molecule has 0 radical (unpaired) electrons. The fraction of sp³-hybridized carbons (Fsp3) is 0.348. The fourth-order valence-corrected chi connectivity index (χ4v) is 3.66. The molecule has 2 heterocycles. The number of carbonyl (C=O) groups is 1. The van der Waals surface area contributed by atoms with Gasteiger partial charge in [0.05, 0.1) is 11.5 Å². The van der Waals surface area contributed by atoms with E-state index in [-0.39, 0.29) is 18.9 Å². The molecule has 6 heteroatoms. The molecule has 0 aliphatic carbocycles. The summed E-state index contributed by atoms with van der Waals surface area (Å²) in [5, 5.41) is 0.575. The number of nitrogens with zero attached hydrogens (tertiary/aromatic N) is 2. The predicted molar refractivity (Wildman–Crippen MR) is 115 cm³/mol. The van der Waals surface area contributed by atoms with Gasteiger partial charge < -0.3 is 14.5 Å². The molecule has 3 rings (SSSR count). The van der Waals surface area contributed by atoms with Gasteiger partial charge in [0.25, 0.3) is 0 Å². The molecule has 1 aromatic carbocycles. The Hall–Kier alpha value is -2.53. The molecular weight excluding hydrogens is 391 g/mol. The summed E-state index contributed by atoms with van der Waals surface area (Å²) >= 11 is 6.23. The van der Waals surface area contributed by atoms with Crippen LogP contribution in [0.4, 0.5) is 4.39 Å². The van der Waals surface area contributed by atoms with Crippen molar-refractivity contribution in [1.29, 1.82) is 0 Å². The van der Waals surface area contributed by atoms with Crippen molar-refractivity contribution in [3.63, 3.8) is 0 Å². The molecule has 1 amide bonds. The van der Waals surface area contributed by atoms with Crippen LogP contribution in [0, 0.1) is 0 Å².